The van der Waals surface area contributed by atoms with Gasteiger partial charge in [0.1, 0.15) is 0 Å². The minimum Gasteiger partial charge on any atom is -0.422 e. The van der Waals surface area contributed by atoms with Crippen LogP contribution in [0.15, 0.2) is 0 Å². The van der Waals surface area contributed by atoms with Gasteiger partial charge in [-0.1, -0.05) is 6.42 Å². The topological polar surface area (TPSA) is 52.6 Å². The standard InChI is InChI=1S/C12H16O4/c1-11(2)15-9(13)12(10(14)16-11)6-7-3-4-8(12)5-7/h7-8H,3-6H2,1-2H3/t7-,8-/m0/s1. The Morgan fingerprint density at radius 1 is 1.12 bits per heavy atom. The number of rotatable bonds is 0. The predicted molar refractivity (Wildman–Crippen MR) is 54.1 cm³/mol. The maximum absolute atomic E-state index is 12.1. The van der Waals surface area contributed by atoms with Crippen LogP contribution in [0.4, 0.5) is 0 Å². The Labute approximate surface area is 94.3 Å². The van der Waals surface area contributed by atoms with Gasteiger partial charge in [-0.05, 0) is 31.1 Å². The van der Waals surface area contributed by atoms with Crippen LogP contribution in [0.5, 0.6) is 0 Å². The van der Waals surface area contributed by atoms with Gasteiger partial charge in [-0.3, -0.25) is 9.59 Å². The molecule has 1 heterocycles. The molecule has 0 N–H and O–H groups in total. The van der Waals surface area contributed by atoms with E-state index in [2.05, 4.69) is 0 Å². The molecule has 4 heteroatoms. The van der Waals surface area contributed by atoms with Crippen LogP contribution in [0, 0.1) is 17.3 Å². The largest absolute Gasteiger partial charge is 0.422 e. The van der Waals surface area contributed by atoms with Gasteiger partial charge in [0.2, 0.25) is 0 Å². The second-order valence-electron chi connectivity index (χ2n) is 5.73. The monoisotopic (exact) mass is 224 g/mol. The third kappa shape index (κ3) is 1.10. The van der Waals surface area contributed by atoms with Crippen molar-refractivity contribution in [1.29, 1.82) is 0 Å². The van der Waals surface area contributed by atoms with Gasteiger partial charge in [-0.2, -0.15) is 0 Å². The van der Waals surface area contributed by atoms with E-state index in [1.54, 1.807) is 13.8 Å². The summed E-state index contributed by atoms with van der Waals surface area (Å²) >= 11 is 0. The molecular weight excluding hydrogens is 208 g/mol. The Bertz CT molecular complexity index is 351. The molecule has 0 aromatic carbocycles. The molecule has 1 spiro atoms. The molecule has 1 saturated heterocycles. The van der Waals surface area contributed by atoms with Gasteiger partial charge in [-0.15, -0.1) is 0 Å². The summed E-state index contributed by atoms with van der Waals surface area (Å²) in [5.41, 5.74) is -0.960. The van der Waals surface area contributed by atoms with Crippen molar-refractivity contribution in [1.82, 2.24) is 0 Å². The smallest absolute Gasteiger partial charge is 0.327 e. The molecule has 3 fully saturated rings. The number of esters is 2. The fraction of sp³-hybridized carbons (Fsp3) is 0.833. The molecule has 0 unspecified atom stereocenters. The molecule has 2 bridgehead atoms. The van der Waals surface area contributed by atoms with Crippen LogP contribution < -0.4 is 0 Å². The number of ether oxygens (including phenoxy) is 2. The Morgan fingerprint density at radius 2 is 1.75 bits per heavy atom. The second-order valence-corrected chi connectivity index (χ2v) is 5.73. The average molecular weight is 224 g/mol. The molecule has 16 heavy (non-hydrogen) atoms. The van der Waals surface area contributed by atoms with Crippen molar-refractivity contribution in [3.8, 4) is 0 Å². The number of hydrogen-bond acceptors (Lipinski definition) is 4. The number of hydrogen-bond donors (Lipinski definition) is 0. The first-order valence-electron chi connectivity index (χ1n) is 5.91. The highest BCUT2D eigenvalue weighted by molar-refractivity contribution is 6.02. The fourth-order valence-electron chi connectivity index (χ4n) is 3.56. The van der Waals surface area contributed by atoms with Crippen molar-refractivity contribution in [3.05, 3.63) is 0 Å². The number of fused-ring (bicyclic) bond motifs is 3. The van der Waals surface area contributed by atoms with Crippen LogP contribution in [-0.4, -0.2) is 17.7 Å². The highest BCUT2D eigenvalue weighted by atomic mass is 16.7. The van der Waals surface area contributed by atoms with Crippen LogP contribution >= 0.6 is 0 Å². The number of carbonyl (C=O) groups excluding carboxylic acids is 2. The van der Waals surface area contributed by atoms with Crippen LogP contribution in [0.2, 0.25) is 0 Å². The summed E-state index contributed by atoms with van der Waals surface area (Å²) in [7, 11) is 0. The minimum atomic E-state index is -1.10. The summed E-state index contributed by atoms with van der Waals surface area (Å²) in [5.74, 6) is -1.16. The zero-order valence-corrected chi connectivity index (χ0v) is 9.62. The van der Waals surface area contributed by atoms with Gasteiger partial charge in [-0.25, -0.2) is 0 Å². The van der Waals surface area contributed by atoms with Gasteiger partial charge in [0.05, 0.1) is 0 Å². The lowest BCUT2D eigenvalue weighted by Crippen LogP contribution is -2.56. The summed E-state index contributed by atoms with van der Waals surface area (Å²) in [6, 6.07) is 0. The first-order valence-corrected chi connectivity index (χ1v) is 5.91. The average Bonchev–Trinajstić information content (AvgIpc) is 2.72. The zero-order chi connectivity index (χ0) is 11.6. The Balaban J connectivity index is 1.97. The van der Waals surface area contributed by atoms with Crippen LogP contribution in [0.25, 0.3) is 0 Å². The molecule has 0 aromatic rings. The van der Waals surface area contributed by atoms with E-state index in [1.165, 1.54) is 0 Å². The summed E-state index contributed by atoms with van der Waals surface area (Å²) in [4.78, 5) is 24.2. The molecule has 2 aliphatic carbocycles. The molecular formula is C12H16O4. The van der Waals surface area contributed by atoms with Crippen molar-refractivity contribution >= 4 is 11.9 Å². The Morgan fingerprint density at radius 3 is 2.19 bits per heavy atom. The van der Waals surface area contributed by atoms with E-state index in [0.717, 1.165) is 19.3 Å². The van der Waals surface area contributed by atoms with Crippen molar-refractivity contribution in [2.24, 2.45) is 17.3 Å². The lowest BCUT2D eigenvalue weighted by molar-refractivity contribution is -0.255. The summed E-state index contributed by atoms with van der Waals surface area (Å²) in [6.07, 6.45) is 3.70. The Hall–Kier alpha value is -1.06. The molecule has 3 aliphatic rings. The molecule has 2 atom stereocenters. The molecule has 0 radical (unpaired) electrons. The lowest BCUT2D eigenvalue weighted by Gasteiger charge is -2.42. The number of carbonyl (C=O) groups is 2. The minimum absolute atomic E-state index is 0.147. The van der Waals surface area contributed by atoms with E-state index < -0.39 is 11.2 Å². The van der Waals surface area contributed by atoms with Crippen molar-refractivity contribution in [2.45, 2.75) is 45.3 Å². The van der Waals surface area contributed by atoms with Crippen molar-refractivity contribution in [2.75, 3.05) is 0 Å². The van der Waals surface area contributed by atoms with Crippen molar-refractivity contribution in [3.63, 3.8) is 0 Å². The SMILES string of the molecule is CC1(C)OC(=O)C2(C[C@H]3CC[C@H]2C3)C(=O)O1. The predicted octanol–water partition coefficient (Wildman–Crippen LogP) is 1.63. The van der Waals surface area contributed by atoms with Gasteiger partial charge in [0.25, 0.3) is 5.79 Å². The van der Waals surface area contributed by atoms with Crippen LogP contribution in [-0.2, 0) is 19.1 Å². The van der Waals surface area contributed by atoms with E-state index >= 15 is 0 Å². The van der Waals surface area contributed by atoms with Gasteiger partial charge >= 0.3 is 11.9 Å². The van der Waals surface area contributed by atoms with E-state index in [0.29, 0.717) is 12.3 Å². The zero-order valence-electron chi connectivity index (χ0n) is 9.62. The first-order chi connectivity index (χ1) is 7.44. The molecule has 4 nitrogen and oxygen atoms in total. The van der Waals surface area contributed by atoms with Gasteiger partial charge in [0, 0.05) is 13.8 Å². The van der Waals surface area contributed by atoms with Crippen molar-refractivity contribution < 1.29 is 19.1 Å². The Kier molecular flexibility index (Phi) is 1.76. The van der Waals surface area contributed by atoms with E-state index in [1.807, 2.05) is 0 Å². The first kappa shape index (κ1) is 10.1. The molecule has 0 aromatic heterocycles. The molecule has 3 rings (SSSR count). The van der Waals surface area contributed by atoms with E-state index in [4.69, 9.17) is 9.47 Å². The molecule has 0 amide bonds. The quantitative estimate of drug-likeness (QED) is 0.463. The van der Waals surface area contributed by atoms with Crippen LogP contribution in [0.3, 0.4) is 0 Å². The normalized spacial score (nSPS) is 38.6. The van der Waals surface area contributed by atoms with Gasteiger partial charge in [0.15, 0.2) is 5.41 Å². The van der Waals surface area contributed by atoms with Crippen LogP contribution in [0.1, 0.15) is 39.5 Å². The third-order valence-corrected chi connectivity index (χ3v) is 4.25. The molecule has 88 valence electrons. The van der Waals surface area contributed by atoms with E-state index in [-0.39, 0.29) is 17.9 Å². The van der Waals surface area contributed by atoms with E-state index in [9.17, 15) is 9.59 Å². The summed E-state index contributed by atoms with van der Waals surface area (Å²) < 4.78 is 10.5. The summed E-state index contributed by atoms with van der Waals surface area (Å²) in [5, 5.41) is 0. The third-order valence-electron chi connectivity index (χ3n) is 4.25. The second kappa shape index (κ2) is 2.79. The molecule has 2 saturated carbocycles. The maximum atomic E-state index is 12.1. The highest BCUT2D eigenvalue weighted by Gasteiger charge is 2.66. The molecule has 1 aliphatic heterocycles. The lowest BCUT2D eigenvalue weighted by atomic mass is 9.72. The summed E-state index contributed by atoms with van der Waals surface area (Å²) in [6.45, 7) is 3.20. The van der Waals surface area contributed by atoms with Gasteiger partial charge < -0.3 is 9.47 Å². The highest BCUT2D eigenvalue weighted by Crippen LogP contribution is 2.58. The number of cyclic esters (lactones) is 2. The maximum Gasteiger partial charge on any atom is 0.327 e. The fourth-order valence-corrected chi connectivity index (χ4v) is 3.56.